The highest BCUT2D eigenvalue weighted by Crippen LogP contribution is 2.06. The van der Waals surface area contributed by atoms with Crippen molar-refractivity contribution in [3.05, 3.63) is 29.8 Å². The van der Waals surface area contributed by atoms with Gasteiger partial charge in [0.15, 0.2) is 0 Å². The third-order valence-electron chi connectivity index (χ3n) is 2.69. The van der Waals surface area contributed by atoms with Gasteiger partial charge in [0.1, 0.15) is 0 Å². The van der Waals surface area contributed by atoms with E-state index in [9.17, 15) is 4.79 Å². The maximum atomic E-state index is 11.8. The molecule has 1 aliphatic heterocycles. The highest BCUT2D eigenvalue weighted by molar-refractivity contribution is 5.74. The van der Waals surface area contributed by atoms with Crippen molar-refractivity contribution < 1.29 is 9.53 Å². The molecule has 5 heteroatoms. The van der Waals surface area contributed by atoms with Crippen LogP contribution in [0.2, 0.25) is 0 Å². The van der Waals surface area contributed by atoms with Crippen molar-refractivity contribution in [3.63, 3.8) is 0 Å². The Hall–Kier alpha value is -1.75. The molecule has 0 bridgehead atoms. The molecule has 17 heavy (non-hydrogen) atoms. The number of hydrogen-bond acceptors (Lipinski definition) is 3. The highest BCUT2D eigenvalue weighted by Gasteiger charge is 2.15. The number of morpholine rings is 1. The number of benzene rings is 1. The van der Waals surface area contributed by atoms with Gasteiger partial charge in [-0.2, -0.15) is 0 Å². The third-order valence-corrected chi connectivity index (χ3v) is 2.69. The van der Waals surface area contributed by atoms with Crippen molar-refractivity contribution in [2.75, 3.05) is 32.0 Å². The molecular formula is C12H17N3O2. The van der Waals surface area contributed by atoms with Crippen molar-refractivity contribution in [1.29, 1.82) is 0 Å². The second-order valence-corrected chi connectivity index (χ2v) is 4.00. The molecule has 2 amide bonds. The minimum Gasteiger partial charge on any atom is -0.399 e. The molecular weight excluding hydrogens is 218 g/mol. The lowest BCUT2D eigenvalue weighted by molar-refractivity contribution is 0.0531. The number of amides is 2. The molecule has 1 aromatic carbocycles. The van der Waals surface area contributed by atoms with Gasteiger partial charge in [-0.3, -0.25) is 0 Å². The van der Waals surface area contributed by atoms with Gasteiger partial charge in [-0.05, 0) is 17.7 Å². The van der Waals surface area contributed by atoms with Gasteiger partial charge >= 0.3 is 6.03 Å². The minimum atomic E-state index is -0.0456. The molecule has 5 nitrogen and oxygen atoms in total. The predicted octanol–water partition coefficient (Wildman–Crippen LogP) is 0.811. The van der Waals surface area contributed by atoms with Gasteiger partial charge in [-0.1, -0.05) is 12.1 Å². The maximum absolute atomic E-state index is 11.8. The number of ether oxygens (including phenoxy) is 1. The molecule has 0 aromatic heterocycles. The standard InChI is InChI=1S/C12H17N3O2/c13-11-3-1-2-10(8-11)9-14-12(16)15-4-6-17-7-5-15/h1-3,8H,4-7,9,13H2,(H,14,16). The normalized spacial score (nSPS) is 15.6. The Morgan fingerprint density at radius 1 is 1.41 bits per heavy atom. The van der Waals surface area contributed by atoms with E-state index < -0.39 is 0 Å². The summed E-state index contributed by atoms with van der Waals surface area (Å²) in [5.74, 6) is 0. The largest absolute Gasteiger partial charge is 0.399 e. The lowest BCUT2D eigenvalue weighted by Crippen LogP contribution is -2.45. The molecule has 1 heterocycles. The fraction of sp³-hybridized carbons (Fsp3) is 0.417. The van der Waals surface area contributed by atoms with Gasteiger partial charge < -0.3 is 20.7 Å². The van der Waals surface area contributed by atoms with E-state index in [1.54, 1.807) is 4.90 Å². The van der Waals surface area contributed by atoms with Gasteiger partial charge in [0, 0.05) is 25.3 Å². The van der Waals surface area contributed by atoms with E-state index in [1.165, 1.54) is 0 Å². The summed E-state index contributed by atoms with van der Waals surface area (Å²) in [4.78, 5) is 13.5. The number of rotatable bonds is 2. The van der Waals surface area contributed by atoms with E-state index in [-0.39, 0.29) is 6.03 Å². The lowest BCUT2D eigenvalue weighted by atomic mass is 10.2. The first-order chi connectivity index (χ1) is 8.25. The first-order valence-corrected chi connectivity index (χ1v) is 5.70. The van der Waals surface area contributed by atoms with Crippen LogP contribution in [0.25, 0.3) is 0 Å². The fourth-order valence-electron chi connectivity index (χ4n) is 1.76. The average Bonchev–Trinajstić information content (AvgIpc) is 2.37. The van der Waals surface area contributed by atoms with Gasteiger partial charge in [-0.15, -0.1) is 0 Å². The second kappa shape index (κ2) is 5.54. The Labute approximate surface area is 101 Å². The fourth-order valence-corrected chi connectivity index (χ4v) is 1.76. The van der Waals surface area contributed by atoms with Crippen LogP contribution in [0.3, 0.4) is 0 Å². The Morgan fingerprint density at radius 3 is 2.88 bits per heavy atom. The molecule has 1 fully saturated rings. The summed E-state index contributed by atoms with van der Waals surface area (Å²) >= 11 is 0. The zero-order valence-corrected chi connectivity index (χ0v) is 9.69. The SMILES string of the molecule is Nc1cccc(CNC(=O)N2CCOCC2)c1. The summed E-state index contributed by atoms with van der Waals surface area (Å²) in [6, 6.07) is 7.46. The van der Waals surface area contributed by atoms with Crippen LogP contribution in [0.5, 0.6) is 0 Å². The van der Waals surface area contributed by atoms with E-state index >= 15 is 0 Å². The van der Waals surface area contributed by atoms with Crippen LogP contribution < -0.4 is 11.1 Å². The topological polar surface area (TPSA) is 67.6 Å². The van der Waals surface area contributed by atoms with E-state index in [1.807, 2.05) is 24.3 Å². The molecule has 1 aromatic rings. The molecule has 0 unspecified atom stereocenters. The van der Waals surface area contributed by atoms with Gasteiger partial charge in [0.2, 0.25) is 0 Å². The van der Waals surface area contributed by atoms with Gasteiger partial charge in [-0.25, -0.2) is 4.79 Å². The smallest absolute Gasteiger partial charge is 0.317 e. The predicted molar refractivity (Wildman–Crippen MR) is 65.5 cm³/mol. The molecule has 92 valence electrons. The van der Waals surface area contributed by atoms with Crippen molar-refractivity contribution in [2.45, 2.75) is 6.54 Å². The number of nitrogens with one attached hydrogen (secondary N) is 1. The average molecular weight is 235 g/mol. The van der Waals surface area contributed by atoms with E-state index in [4.69, 9.17) is 10.5 Å². The van der Waals surface area contributed by atoms with Crippen LogP contribution in [0, 0.1) is 0 Å². The van der Waals surface area contributed by atoms with Crippen molar-refractivity contribution in [2.24, 2.45) is 0 Å². The first-order valence-electron chi connectivity index (χ1n) is 5.70. The maximum Gasteiger partial charge on any atom is 0.317 e. The van der Waals surface area contributed by atoms with Crippen LogP contribution >= 0.6 is 0 Å². The molecule has 2 rings (SSSR count). The summed E-state index contributed by atoms with van der Waals surface area (Å²) in [7, 11) is 0. The quantitative estimate of drug-likeness (QED) is 0.745. The second-order valence-electron chi connectivity index (χ2n) is 4.00. The number of anilines is 1. The summed E-state index contributed by atoms with van der Waals surface area (Å²) in [6.07, 6.45) is 0. The van der Waals surface area contributed by atoms with E-state index in [0.29, 0.717) is 38.5 Å². The molecule has 0 aliphatic carbocycles. The Morgan fingerprint density at radius 2 is 2.18 bits per heavy atom. The molecule has 1 aliphatic rings. The zero-order valence-electron chi connectivity index (χ0n) is 9.69. The number of hydrogen-bond donors (Lipinski definition) is 2. The Kier molecular flexibility index (Phi) is 3.82. The number of carbonyl (C=O) groups is 1. The molecule has 1 saturated heterocycles. The molecule has 0 saturated carbocycles. The number of nitrogens with two attached hydrogens (primary N) is 1. The Balaban J connectivity index is 1.83. The van der Waals surface area contributed by atoms with Crippen LogP contribution in [0.4, 0.5) is 10.5 Å². The Bertz CT molecular complexity index is 389. The number of urea groups is 1. The van der Waals surface area contributed by atoms with Crippen LogP contribution in [0.1, 0.15) is 5.56 Å². The van der Waals surface area contributed by atoms with Crippen molar-refractivity contribution in [1.82, 2.24) is 10.2 Å². The summed E-state index contributed by atoms with van der Waals surface area (Å²) in [5.41, 5.74) is 7.39. The summed E-state index contributed by atoms with van der Waals surface area (Å²) < 4.78 is 5.19. The minimum absolute atomic E-state index is 0.0456. The van der Waals surface area contributed by atoms with Crippen LogP contribution in [0.15, 0.2) is 24.3 Å². The third kappa shape index (κ3) is 3.35. The highest BCUT2D eigenvalue weighted by atomic mass is 16.5. The summed E-state index contributed by atoms with van der Waals surface area (Å²) in [6.45, 7) is 3.05. The number of nitrogens with zero attached hydrogens (tertiary/aromatic N) is 1. The van der Waals surface area contributed by atoms with Gasteiger partial charge in [0.25, 0.3) is 0 Å². The molecule has 3 N–H and O–H groups in total. The monoisotopic (exact) mass is 235 g/mol. The van der Waals surface area contributed by atoms with Crippen molar-refractivity contribution >= 4 is 11.7 Å². The van der Waals surface area contributed by atoms with E-state index in [2.05, 4.69) is 5.32 Å². The molecule has 0 radical (unpaired) electrons. The number of carbonyl (C=O) groups excluding carboxylic acids is 1. The van der Waals surface area contributed by atoms with Crippen molar-refractivity contribution in [3.8, 4) is 0 Å². The zero-order chi connectivity index (χ0) is 12.1. The van der Waals surface area contributed by atoms with Crippen LogP contribution in [-0.4, -0.2) is 37.2 Å². The lowest BCUT2D eigenvalue weighted by Gasteiger charge is -2.26. The van der Waals surface area contributed by atoms with Crippen LogP contribution in [-0.2, 0) is 11.3 Å². The molecule has 0 atom stereocenters. The molecule has 0 spiro atoms. The van der Waals surface area contributed by atoms with Gasteiger partial charge in [0.05, 0.1) is 13.2 Å². The first kappa shape index (κ1) is 11.7. The number of nitrogen functional groups attached to an aromatic ring is 1. The summed E-state index contributed by atoms with van der Waals surface area (Å²) in [5, 5.41) is 2.87. The van der Waals surface area contributed by atoms with E-state index in [0.717, 1.165) is 5.56 Å².